The molecule has 21 heavy (non-hydrogen) atoms. The molecule has 0 saturated heterocycles. The van der Waals surface area contributed by atoms with Crippen molar-refractivity contribution in [1.29, 1.82) is 0 Å². The first-order valence-electron chi connectivity index (χ1n) is 7.90. The summed E-state index contributed by atoms with van der Waals surface area (Å²) in [6.07, 6.45) is 6.46. The third-order valence-corrected chi connectivity index (χ3v) is 4.02. The van der Waals surface area contributed by atoms with E-state index in [0.717, 1.165) is 23.3 Å². The van der Waals surface area contributed by atoms with E-state index in [1.807, 2.05) is 6.92 Å². The lowest BCUT2D eigenvalue weighted by Crippen LogP contribution is -2.09. The van der Waals surface area contributed by atoms with E-state index < -0.39 is 0 Å². The minimum absolute atomic E-state index is 0.361. The van der Waals surface area contributed by atoms with E-state index in [0.29, 0.717) is 11.3 Å². The summed E-state index contributed by atoms with van der Waals surface area (Å²) in [5, 5.41) is 0. The Bertz CT molecular complexity index is 557. The third-order valence-electron chi connectivity index (χ3n) is 4.02. The molecule has 2 heteroatoms. The highest BCUT2D eigenvalue weighted by Gasteiger charge is 2.28. The van der Waals surface area contributed by atoms with Crippen LogP contribution in [0.3, 0.4) is 0 Å². The predicted octanol–water partition coefficient (Wildman–Crippen LogP) is 4.81. The van der Waals surface area contributed by atoms with Crippen LogP contribution in [0.15, 0.2) is 30.5 Å². The Morgan fingerprint density at radius 3 is 2.52 bits per heavy atom. The van der Waals surface area contributed by atoms with Gasteiger partial charge in [0.2, 0.25) is 0 Å². The van der Waals surface area contributed by atoms with Crippen LogP contribution in [0.4, 0.5) is 0 Å². The van der Waals surface area contributed by atoms with Gasteiger partial charge < -0.3 is 5.73 Å². The largest absolute Gasteiger partial charge is 0.404 e. The van der Waals surface area contributed by atoms with Crippen LogP contribution in [0.5, 0.6) is 0 Å². The fourth-order valence-electron chi connectivity index (χ4n) is 2.53. The zero-order valence-corrected chi connectivity index (χ0v) is 13.9. The van der Waals surface area contributed by atoms with Gasteiger partial charge in [-0.3, -0.25) is 4.98 Å². The second-order valence-electron chi connectivity index (χ2n) is 7.44. The van der Waals surface area contributed by atoms with Crippen molar-refractivity contribution in [3.05, 3.63) is 47.4 Å². The van der Waals surface area contributed by atoms with Gasteiger partial charge >= 0.3 is 0 Å². The zero-order chi connectivity index (χ0) is 15.6. The second kappa shape index (κ2) is 6.05. The highest BCUT2D eigenvalue weighted by atomic mass is 14.7. The van der Waals surface area contributed by atoms with Gasteiger partial charge in [0.15, 0.2) is 0 Å². The molecule has 2 nitrogen and oxygen atoms in total. The van der Waals surface area contributed by atoms with E-state index in [1.54, 1.807) is 6.20 Å². The highest BCUT2D eigenvalue weighted by Crippen LogP contribution is 2.42. The Balaban J connectivity index is 2.29. The van der Waals surface area contributed by atoms with Gasteiger partial charge in [-0.1, -0.05) is 33.4 Å². The van der Waals surface area contributed by atoms with Crippen molar-refractivity contribution < 1.29 is 0 Å². The number of hydrogen-bond donors (Lipinski definition) is 1. The summed E-state index contributed by atoms with van der Waals surface area (Å²) in [5.41, 5.74) is 11.7. The standard InChI is InChI=1S/C19H28N2/c1-13(2)16(12-20)17-9-8-15(10-11-19(3,4)5)18(21-17)14-6-7-14/h8-9,12,14H,1,6-7,10-11,20H2,2-5H3. The molecule has 0 radical (unpaired) electrons. The minimum atomic E-state index is 0.361. The maximum atomic E-state index is 5.74. The van der Waals surface area contributed by atoms with Crippen LogP contribution in [0.2, 0.25) is 0 Å². The highest BCUT2D eigenvalue weighted by molar-refractivity contribution is 5.75. The van der Waals surface area contributed by atoms with Gasteiger partial charge in [-0.25, -0.2) is 0 Å². The van der Waals surface area contributed by atoms with E-state index in [4.69, 9.17) is 10.7 Å². The molecule has 1 fully saturated rings. The number of hydrogen-bond acceptors (Lipinski definition) is 2. The van der Waals surface area contributed by atoms with Crippen molar-refractivity contribution in [1.82, 2.24) is 4.98 Å². The minimum Gasteiger partial charge on any atom is -0.404 e. The molecule has 2 rings (SSSR count). The average molecular weight is 284 g/mol. The van der Waals surface area contributed by atoms with E-state index in [2.05, 4.69) is 39.5 Å². The van der Waals surface area contributed by atoms with Gasteiger partial charge in [0.05, 0.1) is 5.69 Å². The van der Waals surface area contributed by atoms with Crippen LogP contribution in [0, 0.1) is 5.41 Å². The third kappa shape index (κ3) is 4.20. The van der Waals surface area contributed by atoms with Gasteiger partial charge in [-0.15, -0.1) is 0 Å². The molecule has 0 aromatic carbocycles. The maximum Gasteiger partial charge on any atom is 0.0722 e. The van der Waals surface area contributed by atoms with Crippen molar-refractivity contribution in [2.45, 2.75) is 59.3 Å². The zero-order valence-electron chi connectivity index (χ0n) is 13.9. The lowest BCUT2D eigenvalue weighted by Gasteiger charge is -2.19. The predicted molar refractivity (Wildman–Crippen MR) is 91.0 cm³/mol. The van der Waals surface area contributed by atoms with Gasteiger partial charge in [0, 0.05) is 23.4 Å². The Labute approximate surface area is 129 Å². The number of aromatic nitrogens is 1. The Morgan fingerprint density at radius 1 is 1.38 bits per heavy atom. The normalized spacial score (nSPS) is 16.1. The molecule has 1 aromatic heterocycles. The number of aryl methyl sites for hydroxylation is 1. The van der Waals surface area contributed by atoms with E-state index in [-0.39, 0.29) is 0 Å². The van der Waals surface area contributed by atoms with Gasteiger partial charge in [-0.05, 0) is 55.2 Å². The second-order valence-corrected chi connectivity index (χ2v) is 7.44. The van der Waals surface area contributed by atoms with Crippen LogP contribution in [0.1, 0.15) is 69.8 Å². The average Bonchev–Trinajstić information content (AvgIpc) is 3.20. The SMILES string of the molecule is C=C(C)C(=CN)c1ccc(CCC(C)(C)C)c(C2CC2)n1. The van der Waals surface area contributed by atoms with Crippen LogP contribution >= 0.6 is 0 Å². The van der Waals surface area contributed by atoms with E-state index >= 15 is 0 Å². The smallest absolute Gasteiger partial charge is 0.0722 e. The van der Waals surface area contributed by atoms with Crippen LogP contribution in [0.25, 0.3) is 5.57 Å². The van der Waals surface area contributed by atoms with Gasteiger partial charge in [0.25, 0.3) is 0 Å². The van der Waals surface area contributed by atoms with Crippen LogP contribution in [-0.2, 0) is 6.42 Å². The first-order chi connectivity index (χ1) is 9.81. The van der Waals surface area contributed by atoms with Crippen molar-refractivity contribution in [2.24, 2.45) is 11.1 Å². The number of rotatable bonds is 5. The molecule has 114 valence electrons. The summed E-state index contributed by atoms with van der Waals surface area (Å²) < 4.78 is 0. The van der Waals surface area contributed by atoms with Crippen molar-refractivity contribution >= 4 is 5.57 Å². The fourth-order valence-corrected chi connectivity index (χ4v) is 2.53. The van der Waals surface area contributed by atoms with Crippen LogP contribution < -0.4 is 5.73 Å². The summed E-state index contributed by atoms with van der Waals surface area (Å²) in [7, 11) is 0. The molecule has 0 spiro atoms. The number of nitrogens with two attached hydrogens (primary N) is 1. The summed E-state index contributed by atoms with van der Waals surface area (Å²) in [6.45, 7) is 12.9. The Hall–Kier alpha value is -1.57. The van der Waals surface area contributed by atoms with Gasteiger partial charge in [0.1, 0.15) is 0 Å². The first-order valence-corrected chi connectivity index (χ1v) is 7.90. The molecule has 1 heterocycles. The molecule has 1 aromatic rings. The van der Waals surface area contributed by atoms with Crippen LogP contribution in [-0.4, -0.2) is 4.98 Å². The summed E-state index contributed by atoms with van der Waals surface area (Å²) >= 11 is 0. The van der Waals surface area contributed by atoms with Crippen molar-refractivity contribution in [3.63, 3.8) is 0 Å². The Kier molecular flexibility index (Phi) is 4.55. The maximum absolute atomic E-state index is 5.74. The quantitative estimate of drug-likeness (QED) is 0.788. The fraction of sp³-hybridized carbons (Fsp3) is 0.526. The monoisotopic (exact) mass is 284 g/mol. The Morgan fingerprint density at radius 2 is 2.05 bits per heavy atom. The molecular weight excluding hydrogens is 256 g/mol. The molecule has 0 atom stereocenters. The molecule has 1 aliphatic carbocycles. The number of pyridine rings is 1. The van der Waals surface area contributed by atoms with Crippen molar-refractivity contribution in [3.8, 4) is 0 Å². The molecule has 1 saturated carbocycles. The topological polar surface area (TPSA) is 38.9 Å². The van der Waals surface area contributed by atoms with Crippen molar-refractivity contribution in [2.75, 3.05) is 0 Å². The molecule has 0 bridgehead atoms. The molecule has 2 N–H and O–H groups in total. The number of nitrogens with zero attached hydrogens (tertiary/aromatic N) is 1. The summed E-state index contributed by atoms with van der Waals surface area (Å²) in [5.74, 6) is 0.657. The molecule has 0 amide bonds. The van der Waals surface area contributed by atoms with E-state index in [1.165, 1.54) is 30.5 Å². The lowest BCUT2D eigenvalue weighted by atomic mass is 9.88. The molecule has 1 aliphatic rings. The first kappa shape index (κ1) is 15.8. The lowest BCUT2D eigenvalue weighted by molar-refractivity contribution is 0.377. The summed E-state index contributed by atoms with van der Waals surface area (Å²) in [6, 6.07) is 4.34. The van der Waals surface area contributed by atoms with Gasteiger partial charge in [-0.2, -0.15) is 0 Å². The molecular formula is C19H28N2. The van der Waals surface area contributed by atoms with E-state index in [9.17, 15) is 0 Å². The summed E-state index contributed by atoms with van der Waals surface area (Å²) in [4.78, 5) is 4.92. The molecule has 0 aliphatic heterocycles. The number of allylic oxidation sites excluding steroid dienone is 2. The molecule has 0 unspecified atom stereocenters.